The molecule has 106 valence electrons. The highest BCUT2D eigenvalue weighted by Crippen LogP contribution is 2.09. The van der Waals surface area contributed by atoms with Gasteiger partial charge in [0.05, 0.1) is 11.8 Å². The van der Waals surface area contributed by atoms with E-state index in [1.165, 1.54) is 0 Å². The Balaban J connectivity index is 1.98. The molecule has 0 aliphatic rings. The number of rotatable bonds is 6. The molecule has 0 bridgehead atoms. The second-order valence-electron chi connectivity index (χ2n) is 4.61. The summed E-state index contributed by atoms with van der Waals surface area (Å²) in [6.45, 7) is 2.39. The van der Waals surface area contributed by atoms with Crippen LogP contribution in [0.5, 0.6) is 0 Å². The Morgan fingerprint density at radius 1 is 1.45 bits per heavy atom. The monoisotopic (exact) mass is 273 g/mol. The van der Waals surface area contributed by atoms with Crippen LogP contribution in [0.25, 0.3) is 5.69 Å². The van der Waals surface area contributed by atoms with Crippen molar-refractivity contribution >= 4 is 5.91 Å². The highest BCUT2D eigenvalue weighted by Gasteiger charge is 2.07. The van der Waals surface area contributed by atoms with Gasteiger partial charge in [0.1, 0.15) is 0 Å². The van der Waals surface area contributed by atoms with Crippen molar-refractivity contribution in [1.82, 2.24) is 15.1 Å². The molecule has 5 nitrogen and oxygen atoms in total. The molecule has 0 radical (unpaired) electrons. The molecule has 0 saturated carbocycles. The molecule has 0 fully saturated rings. The number of carbonyl (C=O) groups is 1. The van der Waals surface area contributed by atoms with Crippen LogP contribution in [-0.4, -0.2) is 33.4 Å². The fourth-order valence-electron chi connectivity index (χ4n) is 1.87. The zero-order valence-electron chi connectivity index (χ0n) is 11.5. The van der Waals surface area contributed by atoms with Gasteiger partial charge in [0, 0.05) is 24.5 Å². The lowest BCUT2D eigenvalue weighted by Crippen LogP contribution is -2.27. The second kappa shape index (κ2) is 6.86. The standard InChI is InChI=1S/C15H19N3O2/c1-2-14(19)7-9-16-15(20)12-5-3-6-13(11-12)18-10-4-8-17-18/h3-6,8,10-11,14,19H,2,7,9H2,1H3,(H,16,20). The molecule has 1 amide bonds. The van der Waals surface area contributed by atoms with E-state index in [1.54, 1.807) is 23.0 Å². The molecule has 0 aliphatic carbocycles. The van der Waals surface area contributed by atoms with Gasteiger partial charge in [0.2, 0.25) is 0 Å². The van der Waals surface area contributed by atoms with Crippen LogP contribution in [0.3, 0.4) is 0 Å². The topological polar surface area (TPSA) is 67.2 Å². The first-order chi connectivity index (χ1) is 9.70. The summed E-state index contributed by atoms with van der Waals surface area (Å²) in [6.07, 6.45) is 4.44. The van der Waals surface area contributed by atoms with Crippen LogP contribution in [0.1, 0.15) is 30.1 Å². The van der Waals surface area contributed by atoms with Crippen LogP contribution in [0.4, 0.5) is 0 Å². The van der Waals surface area contributed by atoms with Crippen molar-refractivity contribution < 1.29 is 9.90 Å². The molecule has 2 rings (SSSR count). The van der Waals surface area contributed by atoms with Gasteiger partial charge in [0.15, 0.2) is 0 Å². The van der Waals surface area contributed by atoms with Gasteiger partial charge in [-0.05, 0) is 37.1 Å². The maximum absolute atomic E-state index is 12.0. The van der Waals surface area contributed by atoms with E-state index in [9.17, 15) is 9.90 Å². The molecule has 1 heterocycles. The number of aromatic nitrogens is 2. The van der Waals surface area contributed by atoms with E-state index < -0.39 is 0 Å². The first-order valence-corrected chi connectivity index (χ1v) is 6.77. The molecular weight excluding hydrogens is 254 g/mol. The van der Waals surface area contributed by atoms with E-state index in [-0.39, 0.29) is 12.0 Å². The van der Waals surface area contributed by atoms with Gasteiger partial charge in [-0.3, -0.25) is 4.79 Å². The highest BCUT2D eigenvalue weighted by atomic mass is 16.3. The van der Waals surface area contributed by atoms with Crippen LogP contribution < -0.4 is 5.32 Å². The van der Waals surface area contributed by atoms with E-state index in [4.69, 9.17) is 0 Å². The van der Waals surface area contributed by atoms with Crippen molar-refractivity contribution in [3.63, 3.8) is 0 Å². The van der Waals surface area contributed by atoms with Gasteiger partial charge >= 0.3 is 0 Å². The molecule has 2 aromatic rings. The Bertz CT molecular complexity index is 552. The lowest BCUT2D eigenvalue weighted by atomic mass is 10.1. The minimum Gasteiger partial charge on any atom is -0.393 e. The molecule has 1 aromatic carbocycles. The summed E-state index contributed by atoms with van der Waals surface area (Å²) in [5.41, 5.74) is 1.43. The fourth-order valence-corrected chi connectivity index (χ4v) is 1.87. The van der Waals surface area contributed by atoms with Crippen LogP contribution >= 0.6 is 0 Å². The first kappa shape index (κ1) is 14.3. The zero-order chi connectivity index (χ0) is 14.4. The van der Waals surface area contributed by atoms with Crippen LogP contribution in [0.15, 0.2) is 42.7 Å². The number of benzene rings is 1. The van der Waals surface area contributed by atoms with Gasteiger partial charge in [0.25, 0.3) is 5.91 Å². The second-order valence-corrected chi connectivity index (χ2v) is 4.61. The van der Waals surface area contributed by atoms with Crippen LogP contribution in [0, 0.1) is 0 Å². The number of aliphatic hydroxyl groups is 1. The molecular formula is C15H19N3O2. The smallest absolute Gasteiger partial charge is 0.251 e. The predicted molar refractivity (Wildman–Crippen MR) is 76.8 cm³/mol. The first-order valence-electron chi connectivity index (χ1n) is 6.77. The molecule has 0 spiro atoms. The molecule has 1 unspecified atom stereocenters. The summed E-state index contributed by atoms with van der Waals surface area (Å²) in [5, 5.41) is 16.4. The Kier molecular flexibility index (Phi) is 4.90. The van der Waals surface area contributed by atoms with Crippen molar-refractivity contribution in [3.8, 4) is 5.69 Å². The summed E-state index contributed by atoms with van der Waals surface area (Å²) in [4.78, 5) is 12.0. The van der Waals surface area contributed by atoms with Crippen molar-refractivity contribution in [3.05, 3.63) is 48.3 Å². The third-order valence-electron chi connectivity index (χ3n) is 3.11. The van der Waals surface area contributed by atoms with Gasteiger partial charge < -0.3 is 10.4 Å². The fraction of sp³-hybridized carbons (Fsp3) is 0.333. The normalized spacial score (nSPS) is 12.1. The summed E-state index contributed by atoms with van der Waals surface area (Å²) < 4.78 is 1.71. The molecule has 1 atom stereocenters. The number of nitrogens with one attached hydrogen (secondary N) is 1. The number of hydrogen-bond acceptors (Lipinski definition) is 3. The lowest BCUT2D eigenvalue weighted by molar-refractivity contribution is 0.0942. The minimum absolute atomic E-state index is 0.137. The van der Waals surface area contributed by atoms with E-state index in [2.05, 4.69) is 10.4 Å². The van der Waals surface area contributed by atoms with Crippen molar-refractivity contribution in [2.24, 2.45) is 0 Å². The van der Waals surface area contributed by atoms with Crippen LogP contribution in [0.2, 0.25) is 0 Å². The summed E-state index contributed by atoms with van der Waals surface area (Å²) in [5.74, 6) is -0.137. The highest BCUT2D eigenvalue weighted by molar-refractivity contribution is 5.94. The molecule has 0 saturated heterocycles. The minimum atomic E-state index is -0.356. The number of carbonyl (C=O) groups excluding carboxylic acids is 1. The van der Waals surface area contributed by atoms with Crippen molar-refractivity contribution in [2.45, 2.75) is 25.9 Å². The third-order valence-corrected chi connectivity index (χ3v) is 3.11. The maximum Gasteiger partial charge on any atom is 0.251 e. The van der Waals surface area contributed by atoms with Gasteiger partial charge in [-0.15, -0.1) is 0 Å². The van der Waals surface area contributed by atoms with Gasteiger partial charge in [-0.25, -0.2) is 4.68 Å². The number of amides is 1. The molecule has 0 aliphatic heterocycles. The Morgan fingerprint density at radius 2 is 2.30 bits per heavy atom. The van der Waals surface area contributed by atoms with E-state index in [0.29, 0.717) is 24.9 Å². The summed E-state index contributed by atoms with van der Waals surface area (Å²) in [6, 6.07) is 9.10. The molecule has 1 aromatic heterocycles. The Hall–Kier alpha value is -2.14. The van der Waals surface area contributed by atoms with E-state index >= 15 is 0 Å². The average Bonchev–Trinajstić information content (AvgIpc) is 3.01. The summed E-state index contributed by atoms with van der Waals surface area (Å²) >= 11 is 0. The maximum atomic E-state index is 12.0. The third kappa shape index (κ3) is 3.68. The zero-order valence-corrected chi connectivity index (χ0v) is 11.5. The van der Waals surface area contributed by atoms with Crippen LogP contribution in [-0.2, 0) is 0 Å². The van der Waals surface area contributed by atoms with Crippen molar-refractivity contribution in [2.75, 3.05) is 6.54 Å². The van der Waals surface area contributed by atoms with E-state index in [1.807, 2.05) is 31.3 Å². The Morgan fingerprint density at radius 3 is 3.00 bits per heavy atom. The number of aliphatic hydroxyl groups excluding tert-OH is 1. The number of nitrogens with zero attached hydrogens (tertiary/aromatic N) is 2. The lowest BCUT2D eigenvalue weighted by Gasteiger charge is -2.09. The molecule has 5 heteroatoms. The quantitative estimate of drug-likeness (QED) is 0.842. The van der Waals surface area contributed by atoms with Gasteiger partial charge in [-0.1, -0.05) is 13.0 Å². The Labute approximate surface area is 118 Å². The van der Waals surface area contributed by atoms with E-state index in [0.717, 1.165) is 5.69 Å². The molecule has 2 N–H and O–H groups in total. The summed E-state index contributed by atoms with van der Waals surface area (Å²) in [7, 11) is 0. The molecule has 20 heavy (non-hydrogen) atoms. The average molecular weight is 273 g/mol. The number of hydrogen-bond donors (Lipinski definition) is 2. The predicted octanol–water partition coefficient (Wildman–Crippen LogP) is 1.76. The van der Waals surface area contributed by atoms with Crippen molar-refractivity contribution in [1.29, 1.82) is 0 Å². The van der Waals surface area contributed by atoms with Gasteiger partial charge in [-0.2, -0.15) is 5.10 Å². The SMILES string of the molecule is CCC(O)CCNC(=O)c1cccc(-n2cccn2)c1. The largest absolute Gasteiger partial charge is 0.393 e.